The van der Waals surface area contributed by atoms with E-state index in [0.29, 0.717) is 4.83 Å². The highest BCUT2D eigenvalue weighted by Crippen LogP contribution is 2.40. The van der Waals surface area contributed by atoms with Crippen molar-refractivity contribution in [1.82, 2.24) is 0 Å². The molecule has 0 aliphatic carbocycles. The van der Waals surface area contributed by atoms with Crippen LogP contribution in [0.15, 0.2) is 22.0 Å². The molecule has 0 radical (unpaired) electrons. The predicted molar refractivity (Wildman–Crippen MR) is 76.6 cm³/mol. The predicted octanol–water partition coefficient (Wildman–Crippen LogP) is 5.67. The van der Waals surface area contributed by atoms with Crippen LogP contribution in [0.2, 0.25) is 0 Å². The van der Waals surface area contributed by atoms with Gasteiger partial charge in [0.05, 0.1) is 8.61 Å². The summed E-state index contributed by atoms with van der Waals surface area (Å²) in [5, 5.41) is 0. The Bertz CT molecular complexity index is 471. The summed E-state index contributed by atoms with van der Waals surface area (Å²) in [4.78, 5) is 4.46. The largest absolute Gasteiger partial charge is 0.146 e. The van der Waals surface area contributed by atoms with Crippen molar-refractivity contribution in [3.63, 3.8) is 0 Å². The van der Waals surface area contributed by atoms with Gasteiger partial charge >= 0.3 is 0 Å². The molecule has 2 heterocycles. The highest BCUT2D eigenvalue weighted by molar-refractivity contribution is 9.11. The minimum atomic E-state index is 0.332. The minimum absolute atomic E-state index is 0.332. The van der Waals surface area contributed by atoms with Gasteiger partial charge in [-0.3, -0.25) is 0 Å². The quantitative estimate of drug-likeness (QED) is 0.601. The lowest BCUT2D eigenvalue weighted by atomic mass is 10.1. The van der Waals surface area contributed by atoms with Crippen molar-refractivity contribution in [1.29, 1.82) is 0 Å². The molecule has 0 saturated heterocycles. The third-order valence-corrected chi connectivity index (χ3v) is 6.16. The van der Waals surface area contributed by atoms with Gasteiger partial charge in [-0.2, -0.15) is 0 Å². The van der Waals surface area contributed by atoms with Crippen LogP contribution < -0.4 is 0 Å². The molecule has 2 aromatic heterocycles. The van der Waals surface area contributed by atoms with Crippen molar-refractivity contribution in [3.8, 4) is 0 Å². The summed E-state index contributed by atoms with van der Waals surface area (Å²) in [6, 6.07) is 6.54. The number of halogens is 2. The third-order valence-electron chi connectivity index (χ3n) is 2.20. The van der Waals surface area contributed by atoms with Crippen LogP contribution in [-0.2, 0) is 0 Å². The molecular formula is C11H10Br2S2. The van der Waals surface area contributed by atoms with Crippen LogP contribution in [0.3, 0.4) is 0 Å². The van der Waals surface area contributed by atoms with Gasteiger partial charge in [-0.15, -0.1) is 22.7 Å². The van der Waals surface area contributed by atoms with Gasteiger partial charge in [0.25, 0.3) is 0 Å². The van der Waals surface area contributed by atoms with Gasteiger partial charge in [-0.25, -0.2) is 0 Å². The van der Waals surface area contributed by atoms with E-state index in [0.717, 1.165) is 0 Å². The molecule has 0 fully saturated rings. The van der Waals surface area contributed by atoms with Gasteiger partial charge in [0.2, 0.25) is 0 Å². The Morgan fingerprint density at radius 3 is 2.40 bits per heavy atom. The van der Waals surface area contributed by atoms with E-state index in [4.69, 9.17) is 0 Å². The Morgan fingerprint density at radius 2 is 1.93 bits per heavy atom. The van der Waals surface area contributed by atoms with Crippen molar-refractivity contribution in [2.45, 2.75) is 18.7 Å². The minimum Gasteiger partial charge on any atom is -0.146 e. The number of alkyl halides is 1. The van der Waals surface area contributed by atoms with Gasteiger partial charge in [0.1, 0.15) is 0 Å². The number of rotatable bonds is 2. The van der Waals surface area contributed by atoms with E-state index in [2.05, 4.69) is 63.9 Å². The molecule has 0 amide bonds. The number of thiophene rings is 2. The maximum absolute atomic E-state index is 3.77. The lowest BCUT2D eigenvalue weighted by molar-refractivity contribution is 1.21. The molecule has 1 unspecified atom stereocenters. The maximum Gasteiger partial charge on any atom is 0.0749 e. The number of hydrogen-bond donors (Lipinski definition) is 0. The second-order valence-corrected chi connectivity index (χ2v) is 8.24. The van der Waals surface area contributed by atoms with Crippen LogP contribution in [0.1, 0.15) is 25.0 Å². The molecule has 0 aromatic carbocycles. The summed E-state index contributed by atoms with van der Waals surface area (Å²) in [5.41, 5.74) is 1.40. The summed E-state index contributed by atoms with van der Waals surface area (Å²) in [7, 11) is 0. The molecule has 0 saturated carbocycles. The fourth-order valence-corrected chi connectivity index (χ4v) is 4.96. The number of aryl methyl sites for hydroxylation is 2. The summed E-state index contributed by atoms with van der Waals surface area (Å²) in [6.45, 7) is 4.34. The van der Waals surface area contributed by atoms with Crippen molar-refractivity contribution in [2.75, 3.05) is 0 Å². The van der Waals surface area contributed by atoms with Gasteiger partial charge < -0.3 is 0 Å². The average Bonchev–Trinajstić information content (AvgIpc) is 2.71. The Morgan fingerprint density at radius 1 is 1.20 bits per heavy atom. The SMILES string of the molecule is Cc1cc(C(Br)c2ccc(Br)s2)c(C)s1. The van der Waals surface area contributed by atoms with E-state index in [-0.39, 0.29) is 0 Å². The smallest absolute Gasteiger partial charge is 0.0749 e. The van der Waals surface area contributed by atoms with Gasteiger partial charge in [0, 0.05) is 14.6 Å². The van der Waals surface area contributed by atoms with Crippen LogP contribution in [0.4, 0.5) is 0 Å². The molecule has 0 N–H and O–H groups in total. The second-order valence-electron chi connectivity index (χ2n) is 3.37. The first kappa shape index (κ1) is 11.8. The molecule has 15 heavy (non-hydrogen) atoms. The zero-order chi connectivity index (χ0) is 11.0. The first-order valence-corrected chi connectivity index (χ1v) is 7.88. The van der Waals surface area contributed by atoms with Crippen molar-refractivity contribution < 1.29 is 0 Å². The normalized spacial score (nSPS) is 13.1. The van der Waals surface area contributed by atoms with E-state index >= 15 is 0 Å². The Balaban J connectivity index is 2.35. The summed E-state index contributed by atoms with van der Waals surface area (Å²) < 4.78 is 1.19. The molecule has 0 nitrogen and oxygen atoms in total. The Labute approximate surface area is 115 Å². The van der Waals surface area contributed by atoms with E-state index in [9.17, 15) is 0 Å². The molecule has 0 aliphatic rings. The van der Waals surface area contributed by atoms with Crippen molar-refractivity contribution in [2.24, 2.45) is 0 Å². The molecule has 4 heteroatoms. The highest BCUT2D eigenvalue weighted by atomic mass is 79.9. The molecule has 2 aromatic rings. The van der Waals surface area contributed by atoms with Crippen LogP contribution in [0, 0.1) is 13.8 Å². The monoisotopic (exact) mass is 364 g/mol. The zero-order valence-electron chi connectivity index (χ0n) is 8.38. The van der Waals surface area contributed by atoms with Crippen molar-refractivity contribution >= 4 is 54.5 Å². The van der Waals surface area contributed by atoms with Gasteiger partial charge in [0.15, 0.2) is 0 Å². The first-order valence-electron chi connectivity index (χ1n) is 4.54. The van der Waals surface area contributed by atoms with Crippen LogP contribution in [-0.4, -0.2) is 0 Å². The lowest BCUT2D eigenvalue weighted by Gasteiger charge is -2.06. The second kappa shape index (κ2) is 4.70. The summed E-state index contributed by atoms with van der Waals surface area (Å²) >= 11 is 10.9. The number of hydrogen-bond acceptors (Lipinski definition) is 2. The fourth-order valence-electron chi connectivity index (χ4n) is 1.52. The Kier molecular flexibility index (Phi) is 3.71. The first-order chi connectivity index (χ1) is 7.08. The van der Waals surface area contributed by atoms with E-state index in [1.54, 1.807) is 11.3 Å². The molecule has 2 rings (SSSR count). The molecule has 0 aliphatic heterocycles. The van der Waals surface area contributed by atoms with Crippen molar-refractivity contribution in [3.05, 3.63) is 42.2 Å². The van der Waals surface area contributed by atoms with Crippen LogP contribution >= 0.6 is 54.5 Å². The Hall–Kier alpha value is 0.360. The van der Waals surface area contributed by atoms with Crippen LogP contribution in [0.5, 0.6) is 0 Å². The molecule has 0 bridgehead atoms. The van der Waals surface area contributed by atoms with E-state index < -0.39 is 0 Å². The topological polar surface area (TPSA) is 0 Å². The average molecular weight is 366 g/mol. The van der Waals surface area contributed by atoms with E-state index in [1.165, 1.54) is 24.0 Å². The molecule has 0 spiro atoms. The van der Waals surface area contributed by atoms with Gasteiger partial charge in [-0.05, 0) is 53.5 Å². The van der Waals surface area contributed by atoms with Gasteiger partial charge in [-0.1, -0.05) is 15.9 Å². The third kappa shape index (κ3) is 2.54. The lowest BCUT2D eigenvalue weighted by Crippen LogP contribution is -1.88. The highest BCUT2D eigenvalue weighted by Gasteiger charge is 2.16. The van der Waals surface area contributed by atoms with Crippen LogP contribution in [0.25, 0.3) is 0 Å². The molecule has 1 atom stereocenters. The fraction of sp³-hybridized carbons (Fsp3) is 0.273. The van der Waals surface area contributed by atoms with E-state index in [1.807, 2.05) is 11.3 Å². The molecular weight excluding hydrogens is 356 g/mol. The molecule has 80 valence electrons. The zero-order valence-corrected chi connectivity index (χ0v) is 13.2. The standard InChI is InChI=1S/C11H10Br2S2/c1-6-5-8(7(2)14-6)11(13)9-3-4-10(12)15-9/h3-5,11H,1-2H3. The maximum atomic E-state index is 3.77. The summed E-state index contributed by atoms with van der Waals surface area (Å²) in [5.74, 6) is 0. The summed E-state index contributed by atoms with van der Waals surface area (Å²) in [6.07, 6.45) is 0.